The zero-order valence-electron chi connectivity index (χ0n) is 16.3. The van der Waals surface area contributed by atoms with Crippen LogP contribution in [0.1, 0.15) is 87.2 Å². The first kappa shape index (κ1) is 17.7. The first-order valence-corrected chi connectivity index (χ1v) is 10.0. The minimum atomic E-state index is -1.04. The van der Waals surface area contributed by atoms with Crippen LogP contribution >= 0.6 is 0 Å². The number of carboxylic acid groups (broad SMARTS) is 1. The van der Waals surface area contributed by atoms with E-state index in [4.69, 9.17) is 4.74 Å². The fourth-order valence-electron chi connectivity index (χ4n) is 6.23. The molecule has 1 heterocycles. The van der Waals surface area contributed by atoms with Crippen molar-refractivity contribution in [2.45, 2.75) is 77.7 Å². The molecule has 0 bridgehead atoms. The predicted molar refractivity (Wildman–Crippen MR) is 100 cm³/mol. The van der Waals surface area contributed by atoms with E-state index >= 15 is 0 Å². The highest BCUT2D eigenvalue weighted by molar-refractivity contribution is 5.94. The van der Waals surface area contributed by atoms with Crippen LogP contribution in [0, 0.1) is 17.3 Å². The van der Waals surface area contributed by atoms with Crippen LogP contribution in [-0.2, 0) is 6.42 Å². The van der Waals surface area contributed by atoms with Gasteiger partial charge in [-0.1, -0.05) is 33.6 Å². The van der Waals surface area contributed by atoms with Gasteiger partial charge < -0.3 is 14.9 Å². The van der Waals surface area contributed by atoms with Gasteiger partial charge in [-0.15, -0.1) is 0 Å². The average molecular weight is 358 g/mol. The number of carboxylic acids is 1. The van der Waals surface area contributed by atoms with Crippen LogP contribution in [-0.4, -0.2) is 21.8 Å². The number of hydrogen-bond donors (Lipinski definition) is 2. The smallest absolute Gasteiger partial charge is 0.339 e. The Bertz CT molecular complexity index is 766. The number of aromatic hydroxyl groups is 1. The van der Waals surface area contributed by atoms with Crippen LogP contribution in [0.15, 0.2) is 6.07 Å². The van der Waals surface area contributed by atoms with Gasteiger partial charge in [0, 0.05) is 17.4 Å². The summed E-state index contributed by atoms with van der Waals surface area (Å²) in [4.78, 5) is 11.9. The van der Waals surface area contributed by atoms with Crippen LogP contribution in [0.5, 0.6) is 11.5 Å². The van der Waals surface area contributed by atoms with E-state index in [1.165, 1.54) is 0 Å². The summed E-state index contributed by atoms with van der Waals surface area (Å²) < 4.78 is 6.45. The van der Waals surface area contributed by atoms with Gasteiger partial charge in [0.25, 0.3) is 0 Å². The molecule has 3 aliphatic rings. The summed E-state index contributed by atoms with van der Waals surface area (Å²) >= 11 is 0. The molecular formula is C22H30O4. The second-order valence-corrected chi connectivity index (χ2v) is 9.32. The van der Waals surface area contributed by atoms with Crippen molar-refractivity contribution in [3.05, 3.63) is 22.8 Å². The monoisotopic (exact) mass is 358 g/mol. The summed E-state index contributed by atoms with van der Waals surface area (Å²) in [5, 5.41) is 20.8. The number of rotatable bonds is 5. The van der Waals surface area contributed by atoms with E-state index in [0.29, 0.717) is 23.8 Å². The van der Waals surface area contributed by atoms with Gasteiger partial charge in [-0.05, 0) is 55.6 Å². The van der Waals surface area contributed by atoms with Crippen molar-refractivity contribution in [1.82, 2.24) is 0 Å². The Morgan fingerprint density at radius 3 is 2.69 bits per heavy atom. The first-order valence-electron chi connectivity index (χ1n) is 10.0. The molecule has 0 radical (unpaired) electrons. The number of hydrogen-bond acceptors (Lipinski definition) is 3. The van der Waals surface area contributed by atoms with Gasteiger partial charge in [0.1, 0.15) is 22.7 Å². The maximum atomic E-state index is 11.9. The molecule has 4 heteroatoms. The van der Waals surface area contributed by atoms with E-state index in [-0.39, 0.29) is 28.2 Å². The van der Waals surface area contributed by atoms with Gasteiger partial charge in [0.15, 0.2) is 0 Å². The second-order valence-electron chi connectivity index (χ2n) is 9.32. The van der Waals surface area contributed by atoms with E-state index in [9.17, 15) is 15.0 Å². The van der Waals surface area contributed by atoms with E-state index in [1.807, 2.05) is 6.07 Å². The quantitative estimate of drug-likeness (QED) is 0.717. The zero-order chi connectivity index (χ0) is 18.9. The van der Waals surface area contributed by atoms with Crippen LogP contribution in [0.3, 0.4) is 0 Å². The Hall–Kier alpha value is -1.71. The lowest BCUT2D eigenvalue weighted by Gasteiger charge is -2.62. The molecular weight excluding hydrogens is 328 g/mol. The minimum Gasteiger partial charge on any atom is -0.507 e. The Balaban J connectivity index is 1.85. The van der Waals surface area contributed by atoms with Gasteiger partial charge in [-0.25, -0.2) is 4.79 Å². The lowest BCUT2D eigenvalue weighted by Crippen LogP contribution is -2.59. The van der Waals surface area contributed by atoms with Gasteiger partial charge in [0.05, 0.1) is 0 Å². The molecule has 0 saturated heterocycles. The molecule has 1 aromatic carbocycles. The summed E-state index contributed by atoms with van der Waals surface area (Å²) in [5.74, 6) is 0.769. The molecule has 0 aromatic heterocycles. The molecule has 4 nitrogen and oxygen atoms in total. The molecule has 2 fully saturated rings. The van der Waals surface area contributed by atoms with Gasteiger partial charge in [-0.2, -0.15) is 0 Å². The van der Waals surface area contributed by atoms with E-state index in [2.05, 4.69) is 27.7 Å². The fourth-order valence-corrected chi connectivity index (χ4v) is 6.23. The molecule has 2 aliphatic carbocycles. The Morgan fingerprint density at radius 2 is 2.04 bits per heavy atom. The van der Waals surface area contributed by atoms with Crippen LogP contribution < -0.4 is 4.74 Å². The number of fused-ring (bicyclic) bond motifs is 2. The average Bonchev–Trinajstić information content (AvgIpc) is 2.88. The number of unbranched alkanes of at least 4 members (excludes halogenated alkanes) is 2. The Labute approximate surface area is 155 Å². The Morgan fingerprint density at radius 1 is 1.31 bits per heavy atom. The molecule has 0 spiro atoms. The Kier molecular flexibility index (Phi) is 3.84. The van der Waals surface area contributed by atoms with E-state index in [0.717, 1.165) is 43.4 Å². The number of aromatic carboxylic acids is 1. The third-order valence-electron chi connectivity index (χ3n) is 7.51. The number of phenols is 1. The standard InChI is InChI=1S/C22H30O4/c1-5-6-7-8-12-11-14-16(19(23)15(12)20(24)25)18-17-13(21(18,2)3)9-10-22(17,4)26-14/h11,13,17-18,23H,5-10H2,1-4H3,(H,24,25)/t13?,17?,18?,22-/m1/s1. The summed E-state index contributed by atoms with van der Waals surface area (Å²) in [6.45, 7) is 8.84. The predicted octanol–water partition coefficient (Wildman–Crippen LogP) is 5.12. The summed E-state index contributed by atoms with van der Waals surface area (Å²) in [7, 11) is 0. The summed E-state index contributed by atoms with van der Waals surface area (Å²) in [6, 6.07) is 1.91. The molecule has 1 aliphatic heterocycles. The molecule has 142 valence electrons. The highest BCUT2D eigenvalue weighted by Crippen LogP contribution is 2.74. The number of carbonyl (C=O) groups is 1. The first-order chi connectivity index (χ1) is 12.2. The lowest BCUT2D eigenvalue weighted by atomic mass is 9.45. The molecule has 3 unspecified atom stereocenters. The normalized spacial score (nSPS) is 33.0. The molecule has 0 amide bonds. The molecule has 4 rings (SSSR count). The second kappa shape index (κ2) is 5.64. The molecule has 4 atom stereocenters. The van der Waals surface area contributed by atoms with Crippen molar-refractivity contribution in [2.75, 3.05) is 0 Å². The largest absolute Gasteiger partial charge is 0.507 e. The third kappa shape index (κ3) is 2.17. The number of aryl methyl sites for hydroxylation is 1. The van der Waals surface area contributed by atoms with Crippen molar-refractivity contribution in [3.63, 3.8) is 0 Å². The highest BCUT2D eigenvalue weighted by Gasteiger charge is 2.69. The number of ether oxygens (including phenoxy) is 1. The van der Waals surface area contributed by atoms with E-state index in [1.54, 1.807) is 0 Å². The number of benzene rings is 1. The summed E-state index contributed by atoms with van der Waals surface area (Å²) in [6.07, 6.45) is 5.90. The van der Waals surface area contributed by atoms with Crippen molar-refractivity contribution >= 4 is 5.97 Å². The van der Waals surface area contributed by atoms with Crippen molar-refractivity contribution in [2.24, 2.45) is 17.3 Å². The topological polar surface area (TPSA) is 66.8 Å². The van der Waals surface area contributed by atoms with Crippen molar-refractivity contribution in [3.8, 4) is 11.5 Å². The highest BCUT2D eigenvalue weighted by atomic mass is 16.5. The SMILES string of the molecule is CCCCCc1cc2c(c(O)c1C(=O)O)C1C3C(CC[C@@]3(C)O2)C1(C)C. The maximum absolute atomic E-state index is 11.9. The van der Waals surface area contributed by atoms with Crippen LogP contribution in [0.4, 0.5) is 0 Å². The van der Waals surface area contributed by atoms with Gasteiger partial charge >= 0.3 is 5.97 Å². The van der Waals surface area contributed by atoms with Crippen LogP contribution in [0.2, 0.25) is 0 Å². The lowest BCUT2D eigenvalue weighted by molar-refractivity contribution is -0.121. The fraction of sp³-hybridized carbons (Fsp3) is 0.682. The molecule has 26 heavy (non-hydrogen) atoms. The maximum Gasteiger partial charge on any atom is 0.339 e. The van der Waals surface area contributed by atoms with Crippen LogP contribution in [0.25, 0.3) is 0 Å². The third-order valence-corrected chi connectivity index (χ3v) is 7.51. The van der Waals surface area contributed by atoms with Gasteiger partial charge in [0.2, 0.25) is 0 Å². The molecule has 2 N–H and O–H groups in total. The van der Waals surface area contributed by atoms with Crippen molar-refractivity contribution < 1.29 is 19.7 Å². The minimum absolute atomic E-state index is 0.0491. The molecule has 2 saturated carbocycles. The van der Waals surface area contributed by atoms with Gasteiger partial charge in [-0.3, -0.25) is 0 Å². The van der Waals surface area contributed by atoms with E-state index < -0.39 is 5.97 Å². The van der Waals surface area contributed by atoms with Crippen molar-refractivity contribution in [1.29, 1.82) is 0 Å². The summed E-state index contributed by atoms with van der Waals surface area (Å²) in [5.41, 5.74) is 1.42. The molecule has 1 aromatic rings. The zero-order valence-corrected chi connectivity index (χ0v) is 16.3.